The summed E-state index contributed by atoms with van der Waals surface area (Å²) in [4.78, 5) is 0. The molecule has 0 saturated heterocycles. The average Bonchev–Trinajstić information content (AvgIpc) is 2.13. The molecule has 1 rings (SSSR count). The normalized spacial score (nSPS) is 10.2. The van der Waals surface area contributed by atoms with Crippen LogP contribution in [0.1, 0.15) is 19.8 Å². The molecule has 2 nitrogen and oxygen atoms in total. The van der Waals surface area contributed by atoms with Gasteiger partial charge in [-0.3, -0.25) is 0 Å². The predicted molar refractivity (Wildman–Crippen MR) is 51.2 cm³/mol. The third-order valence-corrected chi connectivity index (χ3v) is 1.81. The molecule has 0 unspecified atom stereocenters. The number of ether oxygens (including phenoxy) is 1. The average molecular weight is 201 g/mol. The van der Waals surface area contributed by atoms with Gasteiger partial charge in [-0.2, -0.15) is 0 Å². The van der Waals surface area contributed by atoms with Crippen LogP contribution in [0, 0.1) is 11.6 Å². The molecule has 0 atom stereocenters. The maximum absolute atomic E-state index is 12.9. The summed E-state index contributed by atoms with van der Waals surface area (Å²) < 4.78 is 30.8. The molecule has 0 fully saturated rings. The summed E-state index contributed by atoms with van der Waals surface area (Å²) >= 11 is 0. The van der Waals surface area contributed by atoms with E-state index in [-0.39, 0.29) is 11.4 Å². The highest BCUT2D eigenvalue weighted by Crippen LogP contribution is 2.25. The molecule has 0 aliphatic heterocycles. The monoisotopic (exact) mass is 201 g/mol. The Balaban J connectivity index is 2.75. The Kier molecular flexibility index (Phi) is 3.68. The Morgan fingerprint density at radius 3 is 2.71 bits per heavy atom. The minimum atomic E-state index is -0.781. The number of unbranched alkanes of at least 4 members (excludes halogenated alkanes) is 1. The molecule has 4 heteroatoms. The lowest BCUT2D eigenvalue weighted by molar-refractivity contribution is 0.308. The fraction of sp³-hybridized carbons (Fsp3) is 0.400. The summed E-state index contributed by atoms with van der Waals surface area (Å²) in [6, 6.07) is 1.83. The maximum atomic E-state index is 12.9. The van der Waals surface area contributed by atoms with Crippen molar-refractivity contribution in [2.24, 2.45) is 0 Å². The zero-order valence-corrected chi connectivity index (χ0v) is 8.02. The van der Waals surface area contributed by atoms with Crippen molar-refractivity contribution in [2.75, 3.05) is 12.3 Å². The van der Waals surface area contributed by atoms with Gasteiger partial charge in [0.05, 0.1) is 6.61 Å². The maximum Gasteiger partial charge on any atom is 0.152 e. The fourth-order valence-corrected chi connectivity index (χ4v) is 1.01. The van der Waals surface area contributed by atoms with E-state index in [0.29, 0.717) is 6.61 Å². The predicted octanol–water partition coefficient (Wildman–Crippen LogP) is 2.73. The van der Waals surface area contributed by atoms with Crippen molar-refractivity contribution in [3.63, 3.8) is 0 Å². The molecule has 0 saturated carbocycles. The van der Waals surface area contributed by atoms with Gasteiger partial charge >= 0.3 is 0 Å². The van der Waals surface area contributed by atoms with Crippen molar-refractivity contribution >= 4 is 5.69 Å². The van der Waals surface area contributed by atoms with Crippen molar-refractivity contribution in [1.29, 1.82) is 0 Å². The van der Waals surface area contributed by atoms with Crippen molar-refractivity contribution in [2.45, 2.75) is 19.8 Å². The van der Waals surface area contributed by atoms with E-state index in [1.54, 1.807) is 0 Å². The molecule has 0 spiro atoms. The molecule has 0 bridgehead atoms. The minimum Gasteiger partial charge on any atom is -0.491 e. The van der Waals surface area contributed by atoms with Crippen molar-refractivity contribution < 1.29 is 13.5 Å². The van der Waals surface area contributed by atoms with E-state index in [9.17, 15) is 8.78 Å². The number of anilines is 1. The third kappa shape index (κ3) is 2.58. The van der Waals surface area contributed by atoms with Crippen LogP contribution >= 0.6 is 0 Å². The molecule has 0 aliphatic carbocycles. The standard InChI is InChI=1S/C10H13F2NO/c1-2-3-4-14-9-6-7(11)5-8(12)10(9)13/h5-6H,2-4,13H2,1H3. The minimum absolute atomic E-state index is 0.0796. The zero-order valence-electron chi connectivity index (χ0n) is 8.02. The number of nitrogen functional groups attached to an aromatic ring is 1. The fourth-order valence-electron chi connectivity index (χ4n) is 1.01. The van der Waals surface area contributed by atoms with Crippen LogP contribution in [0.3, 0.4) is 0 Å². The summed E-state index contributed by atoms with van der Waals surface area (Å²) in [5, 5.41) is 0. The first-order valence-corrected chi connectivity index (χ1v) is 4.52. The van der Waals surface area contributed by atoms with Gasteiger partial charge in [0, 0.05) is 12.1 Å². The molecule has 1 aromatic rings. The Labute approximate surface area is 81.7 Å². The molecular formula is C10H13F2NO. The van der Waals surface area contributed by atoms with Crippen molar-refractivity contribution in [1.82, 2.24) is 0 Å². The van der Waals surface area contributed by atoms with Gasteiger partial charge in [0.1, 0.15) is 17.3 Å². The van der Waals surface area contributed by atoms with E-state index in [4.69, 9.17) is 10.5 Å². The first-order chi connectivity index (χ1) is 6.65. The van der Waals surface area contributed by atoms with Crippen LogP contribution in [0.15, 0.2) is 12.1 Å². The molecular weight excluding hydrogens is 188 g/mol. The van der Waals surface area contributed by atoms with Crippen LogP contribution in [0.25, 0.3) is 0 Å². The Hall–Kier alpha value is -1.32. The number of rotatable bonds is 4. The highest BCUT2D eigenvalue weighted by Gasteiger charge is 2.08. The molecule has 78 valence electrons. The lowest BCUT2D eigenvalue weighted by Crippen LogP contribution is -2.02. The van der Waals surface area contributed by atoms with Gasteiger partial charge in [0.25, 0.3) is 0 Å². The second-order valence-corrected chi connectivity index (χ2v) is 3.00. The number of hydrogen-bond donors (Lipinski definition) is 1. The topological polar surface area (TPSA) is 35.2 Å². The van der Waals surface area contributed by atoms with E-state index in [2.05, 4.69) is 0 Å². The first-order valence-electron chi connectivity index (χ1n) is 4.52. The quantitative estimate of drug-likeness (QED) is 0.600. The largest absolute Gasteiger partial charge is 0.491 e. The van der Waals surface area contributed by atoms with Gasteiger partial charge in [-0.1, -0.05) is 13.3 Å². The Morgan fingerprint density at radius 1 is 1.36 bits per heavy atom. The van der Waals surface area contributed by atoms with Gasteiger partial charge in [-0.25, -0.2) is 8.78 Å². The number of benzene rings is 1. The lowest BCUT2D eigenvalue weighted by atomic mass is 10.2. The van der Waals surface area contributed by atoms with Crippen LogP contribution in [0.4, 0.5) is 14.5 Å². The first kappa shape index (κ1) is 10.8. The van der Waals surface area contributed by atoms with Crippen LogP contribution in [0.5, 0.6) is 5.75 Å². The van der Waals surface area contributed by atoms with Crippen LogP contribution in [-0.2, 0) is 0 Å². The van der Waals surface area contributed by atoms with Crippen LogP contribution in [0.2, 0.25) is 0 Å². The SMILES string of the molecule is CCCCOc1cc(F)cc(F)c1N. The summed E-state index contributed by atoms with van der Waals surface area (Å²) in [6.07, 6.45) is 1.79. The second-order valence-electron chi connectivity index (χ2n) is 3.00. The second kappa shape index (κ2) is 4.79. The molecule has 2 N–H and O–H groups in total. The highest BCUT2D eigenvalue weighted by atomic mass is 19.1. The summed E-state index contributed by atoms with van der Waals surface area (Å²) in [5.74, 6) is -1.38. The Morgan fingerprint density at radius 2 is 2.07 bits per heavy atom. The van der Waals surface area contributed by atoms with Gasteiger partial charge in [0.2, 0.25) is 0 Å². The Bertz CT molecular complexity index is 315. The van der Waals surface area contributed by atoms with Gasteiger partial charge in [0.15, 0.2) is 5.82 Å². The summed E-state index contributed by atoms with van der Waals surface area (Å²) in [6.45, 7) is 2.42. The van der Waals surface area contributed by atoms with Crippen molar-refractivity contribution in [3.8, 4) is 5.75 Å². The van der Waals surface area contributed by atoms with Crippen LogP contribution in [-0.4, -0.2) is 6.61 Å². The van der Waals surface area contributed by atoms with E-state index >= 15 is 0 Å². The molecule has 14 heavy (non-hydrogen) atoms. The van der Waals surface area contributed by atoms with Gasteiger partial charge in [-0.15, -0.1) is 0 Å². The highest BCUT2D eigenvalue weighted by molar-refractivity contribution is 5.53. The third-order valence-electron chi connectivity index (χ3n) is 1.81. The summed E-state index contributed by atoms with van der Waals surface area (Å²) in [7, 11) is 0. The number of halogens is 2. The summed E-state index contributed by atoms with van der Waals surface area (Å²) in [5.41, 5.74) is 5.23. The van der Waals surface area contributed by atoms with E-state index in [0.717, 1.165) is 25.0 Å². The molecule has 0 aromatic heterocycles. The van der Waals surface area contributed by atoms with E-state index in [1.165, 1.54) is 0 Å². The zero-order chi connectivity index (χ0) is 10.6. The smallest absolute Gasteiger partial charge is 0.152 e. The van der Waals surface area contributed by atoms with E-state index in [1.807, 2.05) is 6.92 Å². The van der Waals surface area contributed by atoms with Gasteiger partial charge in [-0.05, 0) is 6.42 Å². The van der Waals surface area contributed by atoms with E-state index < -0.39 is 11.6 Å². The number of hydrogen-bond acceptors (Lipinski definition) is 2. The molecule has 0 heterocycles. The molecule has 0 amide bonds. The molecule has 0 radical (unpaired) electrons. The van der Waals surface area contributed by atoms with Crippen LogP contribution < -0.4 is 10.5 Å². The lowest BCUT2D eigenvalue weighted by Gasteiger charge is -2.08. The molecule has 1 aromatic carbocycles. The van der Waals surface area contributed by atoms with Gasteiger partial charge < -0.3 is 10.5 Å². The molecule has 0 aliphatic rings. The number of nitrogens with two attached hydrogens (primary N) is 1. The van der Waals surface area contributed by atoms with Crippen molar-refractivity contribution in [3.05, 3.63) is 23.8 Å².